The van der Waals surface area contributed by atoms with Gasteiger partial charge in [-0.05, 0) is 23.8 Å². The fourth-order valence-electron chi connectivity index (χ4n) is 1.36. The third-order valence-electron chi connectivity index (χ3n) is 3.06. The van der Waals surface area contributed by atoms with Crippen LogP contribution in [0.3, 0.4) is 0 Å². The maximum Gasteiger partial charge on any atom is 0.0950 e. The molecule has 1 aromatic heterocycles. The summed E-state index contributed by atoms with van der Waals surface area (Å²) in [4.78, 5) is 0. The van der Waals surface area contributed by atoms with E-state index in [2.05, 4.69) is 27.7 Å². The summed E-state index contributed by atoms with van der Waals surface area (Å²) >= 11 is 0. The summed E-state index contributed by atoms with van der Waals surface area (Å²) in [7, 11) is 0. The van der Waals surface area contributed by atoms with E-state index in [0.717, 1.165) is 12.0 Å². The molecule has 0 radical (unpaired) electrons. The van der Waals surface area contributed by atoms with Crippen molar-refractivity contribution in [3.05, 3.63) is 24.2 Å². The molecule has 0 saturated heterocycles. The van der Waals surface area contributed by atoms with Crippen LogP contribution >= 0.6 is 0 Å². The lowest BCUT2D eigenvalue weighted by atomic mass is 9.78. The van der Waals surface area contributed by atoms with Crippen molar-refractivity contribution in [2.24, 2.45) is 17.1 Å². The van der Waals surface area contributed by atoms with Crippen molar-refractivity contribution in [2.75, 3.05) is 0 Å². The molecule has 0 aromatic carbocycles. The van der Waals surface area contributed by atoms with E-state index < -0.39 is 0 Å². The zero-order valence-electron chi connectivity index (χ0n) is 9.58. The first-order valence-electron chi connectivity index (χ1n) is 5.19. The lowest BCUT2D eigenvalue weighted by Gasteiger charge is -2.29. The van der Waals surface area contributed by atoms with Crippen molar-refractivity contribution < 1.29 is 4.42 Å². The van der Waals surface area contributed by atoms with Crippen LogP contribution in [0.1, 0.15) is 45.7 Å². The molecule has 1 heterocycles. The van der Waals surface area contributed by atoms with Gasteiger partial charge < -0.3 is 10.2 Å². The number of hydrogen-bond acceptors (Lipinski definition) is 2. The Labute approximate surface area is 86.5 Å². The van der Waals surface area contributed by atoms with E-state index in [1.54, 1.807) is 12.5 Å². The van der Waals surface area contributed by atoms with Crippen molar-refractivity contribution in [3.63, 3.8) is 0 Å². The Morgan fingerprint density at radius 3 is 2.50 bits per heavy atom. The standard InChI is InChI=1S/C12H21NO/c1-9(12(2,3)4)7-11(13)10-5-6-14-8-10/h5-6,8-9,11H,7,13H2,1-4H3. The van der Waals surface area contributed by atoms with Crippen molar-refractivity contribution in [3.8, 4) is 0 Å². The van der Waals surface area contributed by atoms with Gasteiger partial charge >= 0.3 is 0 Å². The molecule has 0 bridgehead atoms. The predicted octanol–water partition coefficient (Wildman–Crippen LogP) is 3.35. The Morgan fingerprint density at radius 2 is 2.07 bits per heavy atom. The van der Waals surface area contributed by atoms with Gasteiger partial charge in [-0.15, -0.1) is 0 Å². The van der Waals surface area contributed by atoms with Gasteiger partial charge in [0.25, 0.3) is 0 Å². The van der Waals surface area contributed by atoms with Crippen molar-refractivity contribution in [1.82, 2.24) is 0 Å². The Hall–Kier alpha value is -0.760. The van der Waals surface area contributed by atoms with Crippen molar-refractivity contribution in [2.45, 2.75) is 40.2 Å². The van der Waals surface area contributed by atoms with Crippen LogP contribution in [0.15, 0.2) is 23.0 Å². The van der Waals surface area contributed by atoms with E-state index in [-0.39, 0.29) is 6.04 Å². The van der Waals surface area contributed by atoms with E-state index in [9.17, 15) is 0 Å². The van der Waals surface area contributed by atoms with Gasteiger partial charge in [0.2, 0.25) is 0 Å². The van der Waals surface area contributed by atoms with E-state index >= 15 is 0 Å². The highest BCUT2D eigenvalue weighted by atomic mass is 16.3. The SMILES string of the molecule is CC(CC(N)c1ccoc1)C(C)(C)C. The Balaban J connectivity index is 2.53. The van der Waals surface area contributed by atoms with Gasteiger partial charge in [-0.25, -0.2) is 0 Å². The van der Waals surface area contributed by atoms with Crippen LogP contribution in [-0.2, 0) is 0 Å². The number of rotatable bonds is 3. The average Bonchev–Trinajstić information content (AvgIpc) is 2.53. The lowest BCUT2D eigenvalue weighted by molar-refractivity contribution is 0.233. The summed E-state index contributed by atoms with van der Waals surface area (Å²) in [6.07, 6.45) is 4.42. The van der Waals surface area contributed by atoms with E-state index in [0.29, 0.717) is 11.3 Å². The van der Waals surface area contributed by atoms with Gasteiger partial charge in [0.05, 0.1) is 12.5 Å². The average molecular weight is 195 g/mol. The quantitative estimate of drug-likeness (QED) is 0.803. The molecule has 0 saturated carbocycles. The third-order valence-corrected chi connectivity index (χ3v) is 3.06. The number of hydrogen-bond donors (Lipinski definition) is 1. The number of furan rings is 1. The van der Waals surface area contributed by atoms with Crippen molar-refractivity contribution in [1.29, 1.82) is 0 Å². The maximum absolute atomic E-state index is 6.08. The number of nitrogens with two attached hydrogens (primary N) is 1. The molecule has 2 nitrogen and oxygen atoms in total. The van der Waals surface area contributed by atoms with Gasteiger partial charge in [-0.3, -0.25) is 0 Å². The van der Waals surface area contributed by atoms with Crippen LogP contribution in [0.25, 0.3) is 0 Å². The molecule has 80 valence electrons. The summed E-state index contributed by atoms with van der Waals surface area (Å²) in [6, 6.07) is 2.04. The normalized spacial score (nSPS) is 16.6. The summed E-state index contributed by atoms with van der Waals surface area (Å²) in [5.41, 5.74) is 7.50. The lowest BCUT2D eigenvalue weighted by Crippen LogP contribution is -2.22. The van der Waals surface area contributed by atoms with Crippen molar-refractivity contribution >= 4 is 0 Å². The van der Waals surface area contributed by atoms with Gasteiger partial charge in [-0.2, -0.15) is 0 Å². The second-order valence-electron chi connectivity index (χ2n) is 5.17. The zero-order valence-corrected chi connectivity index (χ0v) is 9.58. The maximum atomic E-state index is 6.08. The Bertz CT molecular complexity index is 258. The molecule has 0 spiro atoms. The third kappa shape index (κ3) is 2.88. The van der Waals surface area contributed by atoms with E-state index in [1.165, 1.54) is 0 Å². The van der Waals surface area contributed by atoms with Crippen LogP contribution in [0.5, 0.6) is 0 Å². The molecule has 0 fully saturated rings. The van der Waals surface area contributed by atoms with E-state index in [1.807, 2.05) is 6.07 Å². The Kier molecular flexibility index (Phi) is 3.38. The smallest absolute Gasteiger partial charge is 0.0950 e. The molecule has 0 amide bonds. The highest BCUT2D eigenvalue weighted by Crippen LogP contribution is 2.32. The molecule has 14 heavy (non-hydrogen) atoms. The van der Waals surface area contributed by atoms with E-state index in [4.69, 9.17) is 10.2 Å². The minimum atomic E-state index is 0.1000. The molecule has 1 aromatic rings. The molecule has 1 rings (SSSR count). The van der Waals surface area contributed by atoms with Crippen LogP contribution in [0, 0.1) is 11.3 Å². The summed E-state index contributed by atoms with van der Waals surface area (Å²) in [5.74, 6) is 0.604. The molecule has 2 atom stereocenters. The minimum absolute atomic E-state index is 0.1000. The van der Waals surface area contributed by atoms with Gasteiger partial charge in [-0.1, -0.05) is 27.7 Å². The van der Waals surface area contributed by atoms with Gasteiger partial charge in [0, 0.05) is 11.6 Å². The zero-order chi connectivity index (χ0) is 10.8. The molecular weight excluding hydrogens is 174 g/mol. The van der Waals surface area contributed by atoms with Crippen LogP contribution in [0.4, 0.5) is 0 Å². The molecule has 2 heteroatoms. The second-order valence-corrected chi connectivity index (χ2v) is 5.17. The van der Waals surface area contributed by atoms with Crippen LogP contribution in [0.2, 0.25) is 0 Å². The molecule has 2 unspecified atom stereocenters. The highest BCUT2D eigenvalue weighted by molar-refractivity contribution is 5.10. The first-order chi connectivity index (χ1) is 6.41. The molecule has 0 aliphatic rings. The molecular formula is C12H21NO. The Morgan fingerprint density at radius 1 is 1.43 bits per heavy atom. The molecule has 0 aliphatic carbocycles. The monoisotopic (exact) mass is 195 g/mol. The summed E-state index contributed by atoms with van der Waals surface area (Å²) < 4.78 is 5.02. The summed E-state index contributed by atoms with van der Waals surface area (Å²) in [6.45, 7) is 9.00. The molecule has 2 N–H and O–H groups in total. The molecule has 0 aliphatic heterocycles. The van der Waals surface area contributed by atoms with Gasteiger partial charge in [0.1, 0.15) is 0 Å². The van der Waals surface area contributed by atoms with Crippen LogP contribution < -0.4 is 5.73 Å². The minimum Gasteiger partial charge on any atom is -0.472 e. The van der Waals surface area contributed by atoms with Gasteiger partial charge in [0.15, 0.2) is 0 Å². The van der Waals surface area contributed by atoms with Crippen LogP contribution in [-0.4, -0.2) is 0 Å². The largest absolute Gasteiger partial charge is 0.472 e. The fraction of sp³-hybridized carbons (Fsp3) is 0.667. The first-order valence-corrected chi connectivity index (χ1v) is 5.19. The fourth-order valence-corrected chi connectivity index (χ4v) is 1.36. The first kappa shape index (κ1) is 11.3. The highest BCUT2D eigenvalue weighted by Gasteiger charge is 2.22. The second kappa shape index (κ2) is 4.18. The summed E-state index contributed by atoms with van der Waals surface area (Å²) in [5, 5.41) is 0. The topological polar surface area (TPSA) is 39.2 Å². The predicted molar refractivity (Wildman–Crippen MR) is 58.9 cm³/mol.